The second-order valence-electron chi connectivity index (χ2n) is 5.97. The molecule has 27 heavy (non-hydrogen) atoms. The molecule has 0 aliphatic rings. The number of H-pyrrole nitrogens is 1. The van der Waals surface area contributed by atoms with E-state index < -0.39 is 34.4 Å². The van der Waals surface area contributed by atoms with Crippen LogP contribution in [0.3, 0.4) is 0 Å². The van der Waals surface area contributed by atoms with Gasteiger partial charge in [0.15, 0.2) is 0 Å². The molecule has 0 aliphatic carbocycles. The average Bonchev–Trinajstić information content (AvgIpc) is 2.63. The molecule has 0 bridgehead atoms. The van der Waals surface area contributed by atoms with E-state index in [1.165, 1.54) is 12.4 Å². The van der Waals surface area contributed by atoms with Gasteiger partial charge in [0.1, 0.15) is 22.9 Å². The third-order valence-electron chi connectivity index (χ3n) is 4.32. The summed E-state index contributed by atoms with van der Waals surface area (Å²) in [6, 6.07) is 5.90. The van der Waals surface area contributed by atoms with Crippen LogP contribution in [0.25, 0.3) is 10.9 Å². The monoisotopic (exact) mass is 388 g/mol. The summed E-state index contributed by atoms with van der Waals surface area (Å²) in [5.41, 5.74) is -0.286. The van der Waals surface area contributed by atoms with Gasteiger partial charge in [0.2, 0.25) is 0 Å². The second kappa shape index (κ2) is 6.88. The number of nitrogens with one attached hydrogen (secondary N) is 1. The molecule has 0 fully saturated rings. The zero-order valence-electron chi connectivity index (χ0n) is 14.3. The predicted molar refractivity (Wildman–Crippen MR) is 103 cm³/mol. The molecule has 2 N–H and O–H groups in total. The van der Waals surface area contributed by atoms with Gasteiger partial charge >= 0.3 is 0 Å². The number of aromatic nitrogens is 1. The molecule has 3 aromatic rings. The van der Waals surface area contributed by atoms with Crippen LogP contribution < -0.4 is 10.5 Å². The molecule has 8 heteroatoms. The first-order chi connectivity index (χ1) is 12.8. The van der Waals surface area contributed by atoms with Crippen LogP contribution in [0.5, 0.6) is 5.75 Å². The van der Waals surface area contributed by atoms with Crippen molar-refractivity contribution in [1.82, 2.24) is 4.98 Å². The zero-order valence-corrected chi connectivity index (χ0v) is 15.2. The predicted octanol–water partition coefficient (Wildman–Crippen LogP) is 3.44. The van der Waals surface area contributed by atoms with E-state index in [1.54, 1.807) is 19.1 Å². The summed E-state index contributed by atoms with van der Waals surface area (Å²) in [4.78, 5) is 28.5. The minimum absolute atomic E-state index is 0.209. The van der Waals surface area contributed by atoms with Crippen LogP contribution >= 0.6 is 12.2 Å². The molecule has 0 radical (unpaired) electrons. The van der Waals surface area contributed by atoms with E-state index in [9.17, 15) is 23.5 Å². The lowest BCUT2D eigenvalue weighted by molar-refractivity contribution is 0.0988. The molecule has 2 aromatic carbocycles. The highest BCUT2D eigenvalue weighted by atomic mass is 32.1. The van der Waals surface area contributed by atoms with E-state index in [-0.39, 0.29) is 11.1 Å². The van der Waals surface area contributed by atoms with Crippen molar-refractivity contribution >= 4 is 40.1 Å². The Morgan fingerprint density at radius 1 is 1.26 bits per heavy atom. The number of rotatable bonds is 3. The highest BCUT2D eigenvalue weighted by molar-refractivity contribution is 7.79. The van der Waals surface area contributed by atoms with E-state index in [2.05, 4.69) is 4.98 Å². The van der Waals surface area contributed by atoms with Gasteiger partial charge in [-0.1, -0.05) is 18.3 Å². The Morgan fingerprint density at radius 2 is 1.96 bits per heavy atom. The Bertz CT molecular complexity index is 1160. The Balaban J connectivity index is 2.24. The number of anilines is 1. The SMILES string of the molecule is Cc1ccc2[nH]c(=O)c(C(=O)N(C)c3cc(F)ccc3F)c(O)c2c1C=S. The van der Waals surface area contributed by atoms with Gasteiger partial charge in [-0.25, -0.2) is 8.78 Å². The molecule has 0 saturated heterocycles. The number of halogens is 2. The van der Waals surface area contributed by atoms with E-state index in [0.29, 0.717) is 11.1 Å². The first kappa shape index (κ1) is 18.7. The molecule has 1 aromatic heterocycles. The molecule has 0 saturated carbocycles. The number of aromatic amines is 1. The summed E-state index contributed by atoms with van der Waals surface area (Å²) in [5, 5.41) is 12.2. The van der Waals surface area contributed by atoms with Gasteiger partial charge in [0.05, 0.1) is 11.2 Å². The largest absolute Gasteiger partial charge is 0.506 e. The van der Waals surface area contributed by atoms with Crippen LogP contribution in [0.1, 0.15) is 21.5 Å². The Labute approximate surface area is 157 Å². The van der Waals surface area contributed by atoms with Crippen molar-refractivity contribution in [1.29, 1.82) is 0 Å². The number of thiocarbonyl (C=S) groups is 1. The zero-order chi connectivity index (χ0) is 19.9. The molecule has 0 unspecified atom stereocenters. The maximum absolute atomic E-state index is 14.0. The van der Waals surface area contributed by atoms with Crippen LogP contribution in [-0.4, -0.2) is 28.4 Å². The molecule has 3 rings (SSSR count). The second-order valence-corrected chi connectivity index (χ2v) is 6.21. The molecular formula is C19H14F2N2O3S. The average molecular weight is 388 g/mol. The third kappa shape index (κ3) is 3.08. The van der Waals surface area contributed by atoms with Gasteiger partial charge in [0, 0.05) is 29.4 Å². The van der Waals surface area contributed by atoms with Gasteiger partial charge in [-0.15, -0.1) is 0 Å². The number of aromatic hydroxyl groups is 1. The van der Waals surface area contributed by atoms with E-state index in [1.807, 2.05) is 0 Å². The van der Waals surface area contributed by atoms with Gasteiger partial charge < -0.3 is 15.0 Å². The van der Waals surface area contributed by atoms with Crippen LogP contribution in [0.15, 0.2) is 35.1 Å². The Hall–Kier alpha value is -3.13. The van der Waals surface area contributed by atoms with Crippen LogP contribution in [0.4, 0.5) is 14.5 Å². The number of benzene rings is 2. The first-order valence-electron chi connectivity index (χ1n) is 7.83. The fourth-order valence-corrected chi connectivity index (χ4v) is 3.17. The van der Waals surface area contributed by atoms with Gasteiger partial charge in [-0.2, -0.15) is 0 Å². The van der Waals surface area contributed by atoms with Gasteiger partial charge in [-0.3, -0.25) is 9.59 Å². The molecular weight excluding hydrogens is 374 g/mol. The smallest absolute Gasteiger partial charge is 0.267 e. The highest BCUT2D eigenvalue weighted by Gasteiger charge is 2.26. The van der Waals surface area contributed by atoms with Crippen molar-refractivity contribution in [2.45, 2.75) is 6.92 Å². The Kier molecular flexibility index (Phi) is 4.75. The molecule has 0 spiro atoms. The van der Waals surface area contributed by atoms with Crippen LogP contribution in [0, 0.1) is 18.6 Å². The van der Waals surface area contributed by atoms with E-state index in [0.717, 1.165) is 28.7 Å². The van der Waals surface area contributed by atoms with Crippen molar-refractivity contribution < 1.29 is 18.7 Å². The number of carbonyl (C=O) groups excluding carboxylic acids is 1. The molecule has 0 aliphatic heterocycles. The lowest BCUT2D eigenvalue weighted by atomic mass is 10.0. The fourth-order valence-electron chi connectivity index (χ4n) is 2.87. The maximum Gasteiger partial charge on any atom is 0.267 e. The molecule has 138 valence electrons. The van der Waals surface area contributed by atoms with Gasteiger partial charge in [-0.05, 0) is 30.7 Å². The Morgan fingerprint density at radius 3 is 2.63 bits per heavy atom. The third-order valence-corrected chi connectivity index (χ3v) is 4.55. The lowest BCUT2D eigenvalue weighted by Gasteiger charge is -2.19. The summed E-state index contributed by atoms with van der Waals surface area (Å²) in [7, 11) is 1.18. The highest BCUT2D eigenvalue weighted by Crippen LogP contribution is 2.31. The number of carbonyl (C=O) groups is 1. The summed E-state index contributed by atoms with van der Waals surface area (Å²) >= 11 is 4.98. The van der Waals surface area contributed by atoms with Crippen molar-refractivity contribution in [3.05, 3.63) is 69.0 Å². The molecule has 1 heterocycles. The number of hydrogen-bond donors (Lipinski definition) is 2. The number of nitrogens with zero attached hydrogens (tertiary/aromatic N) is 1. The summed E-state index contributed by atoms with van der Waals surface area (Å²) in [6.45, 7) is 1.76. The first-order valence-corrected chi connectivity index (χ1v) is 8.30. The van der Waals surface area contributed by atoms with E-state index >= 15 is 0 Å². The molecule has 5 nitrogen and oxygen atoms in total. The fraction of sp³-hybridized carbons (Fsp3) is 0.105. The topological polar surface area (TPSA) is 73.4 Å². The van der Waals surface area contributed by atoms with Crippen LogP contribution in [0.2, 0.25) is 0 Å². The number of fused-ring (bicyclic) bond motifs is 1. The minimum Gasteiger partial charge on any atom is -0.506 e. The minimum atomic E-state index is -0.989. The van der Waals surface area contributed by atoms with E-state index in [4.69, 9.17) is 12.2 Å². The van der Waals surface area contributed by atoms with Crippen molar-refractivity contribution in [2.75, 3.05) is 11.9 Å². The normalized spacial score (nSPS) is 10.8. The molecule has 0 atom stereocenters. The quantitative estimate of drug-likeness (QED) is 0.674. The standard InChI is InChI=1S/C19H14F2N2O3S/c1-9-3-6-13-15(11(9)8-27)17(24)16(18(25)22-13)19(26)23(2)14-7-10(20)4-5-12(14)21/h3-8H,1-2H3,(H2,22,24,25). The van der Waals surface area contributed by atoms with Crippen molar-refractivity contribution in [3.63, 3.8) is 0 Å². The summed E-state index contributed by atoms with van der Waals surface area (Å²) in [6.07, 6.45) is 0. The summed E-state index contributed by atoms with van der Waals surface area (Å²) < 4.78 is 27.4. The van der Waals surface area contributed by atoms with Crippen molar-refractivity contribution in [3.8, 4) is 5.75 Å². The number of pyridine rings is 1. The summed E-state index contributed by atoms with van der Waals surface area (Å²) in [5.74, 6) is -3.15. The number of amides is 1. The van der Waals surface area contributed by atoms with Gasteiger partial charge in [0.25, 0.3) is 11.5 Å². The van der Waals surface area contributed by atoms with Crippen LogP contribution in [-0.2, 0) is 0 Å². The number of aryl methyl sites for hydroxylation is 1. The molecule has 1 amide bonds. The number of hydrogen-bond acceptors (Lipinski definition) is 4. The maximum atomic E-state index is 14.0. The van der Waals surface area contributed by atoms with Crippen molar-refractivity contribution in [2.24, 2.45) is 0 Å². The lowest BCUT2D eigenvalue weighted by Crippen LogP contribution is -2.32.